The Morgan fingerprint density at radius 3 is 1.72 bits per heavy atom. The first-order valence-corrected chi connectivity index (χ1v) is 16.7. The minimum Gasteiger partial charge on any atom is -0.494 e. The number of anilines is 1. The topological polar surface area (TPSA) is 64.6 Å². The van der Waals surface area contributed by atoms with Crippen molar-refractivity contribution in [1.82, 2.24) is 0 Å². The number of nitrogens with one attached hydrogen (secondary N) is 1. The first kappa shape index (κ1) is 36.7. The molecule has 0 aliphatic rings. The summed E-state index contributed by atoms with van der Waals surface area (Å²) in [6.45, 7) is 4.92. The van der Waals surface area contributed by atoms with Gasteiger partial charge in [-0.2, -0.15) is 13.2 Å². The van der Waals surface area contributed by atoms with E-state index in [9.17, 15) is 22.8 Å². The SMILES string of the molecule is CCCCCCCCCCOc1ccc(-c2ccc(C(=O)Nc3ccc(C(=O)OC(CCCCCC)C(F)(F)F)cc3)cc2)cc1. The molecular weight excluding hydrogens is 591 g/mol. The van der Waals surface area contributed by atoms with Crippen LogP contribution >= 0.6 is 0 Å². The Labute approximate surface area is 271 Å². The lowest BCUT2D eigenvalue weighted by molar-refractivity contribution is -0.206. The molecular formula is C38H48F3NO4. The van der Waals surface area contributed by atoms with Crippen molar-refractivity contribution in [3.8, 4) is 16.9 Å². The highest BCUT2D eigenvalue weighted by Crippen LogP contribution is 2.28. The molecule has 5 nitrogen and oxygen atoms in total. The van der Waals surface area contributed by atoms with Crippen molar-refractivity contribution in [2.45, 2.75) is 110 Å². The molecule has 0 aliphatic carbocycles. The highest BCUT2D eigenvalue weighted by Gasteiger charge is 2.42. The van der Waals surface area contributed by atoms with Crippen LogP contribution in [0.25, 0.3) is 11.1 Å². The molecule has 1 amide bonds. The molecule has 0 fully saturated rings. The van der Waals surface area contributed by atoms with E-state index in [1.807, 2.05) is 43.3 Å². The number of unbranched alkanes of at least 4 members (excludes halogenated alkanes) is 10. The van der Waals surface area contributed by atoms with E-state index in [0.717, 1.165) is 36.1 Å². The van der Waals surface area contributed by atoms with E-state index in [-0.39, 0.29) is 17.9 Å². The summed E-state index contributed by atoms with van der Waals surface area (Å²) in [7, 11) is 0. The van der Waals surface area contributed by atoms with Crippen LogP contribution in [0.5, 0.6) is 5.75 Å². The van der Waals surface area contributed by atoms with Crippen LogP contribution in [0, 0.1) is 0 Å². The van der Waals surface area contributed by atoms with Gasteiger partial charge in [-0.15, -0.1) is 0 Å². The predicted molar refractivity (Wildman–Crippen MR) is 178 cm³/mol. The maximum absolute atomic E-state index is 13.4. The van der Waals surface area contributed by atoms with E-state index in [4.69, 9.17) is 9.47 Å². The third kappa shape index (κ3) is 12.9. The molecule has 46 heavy (non-hydrogen) atoms. The van der Waals surface area contributed by atoms with Crippen molar-refractivity contribution in [1.29, 1.82) is 0 Å². The number of ether oxygens (including phenoxy) is 2. The second-order valence-corrected chi connectivity index (χ2v) is 11.7. The van der Waals surface area contributed by atoms with Gasteiger partial charge in [-0.25, -0.2) is 4.79 Å². The maximum atomic E-state index is 13.4. The molecule has 1 N–H and O–H groups in total. The fourth-order valence-corrected chi connectivity index (χ4v) is 5.12. The average Bonchev–Trinajstić information content (AvgIpc) is 3.05. The van der Waals surface area contributed by atoms with Gasteiger partial charge in [0.1, 0.15) is 5.75 Å². The van der Waals surface area contributed by atoms with E-state index < -0.39 is 18.2 Å². The average molecular weight is 640 g/mol. The van der Waals surface area contributed by atoms with Crippen LogP contribution in [0.3, 0.4) is 0 Å². The third-order valence-electron chi connectivity index (χ3n) is 7.91. The van der Waals surface area contributed by atoms with Crippen molar-refractivity contribution in [3.05, 3.63) is 83.9 Å². The van der Waals surface area contributed by atoms with Gasteiger partial charge in [-0.3, -0.25) is 4.79 Å². The third-order valence-corrected chi connectivity index (χ3v) is 7.91. The van der Waals surface area contributed by atoms with Gasteiger partial charge in [0.25, 0.3) is 5.91 Å². The van der Waals surface area contributed by atoms with Gasteiger partial charge in [0.05, 0.1) is 12.2 Å². The lowest BCUT2D eigenvalue weighted by Gasteiger charge is -2.20. The Hall–Kier alpha value is -3.81. The van der Waals surface area contributed by atoms with Gasteiger partial charge in [-0.05, 0) is 78.9 Å². The number of alkyl halides is 3. The summed E-state index contributed by atoms with van der Waals surface area (Å²) in [5.41, 5.74) is 2.78. The number of carbonyl (C=O) groups excluding carboxylic acids is 2. The summed E-state index contributed by atoms with van der Waals surface area (Å²) >= 11 is 0. The van der Waals surface area contributed by atoms with Crippen LogP contribution in [0.1, 0.15) is 118 Å². The zero-order valence-corrected chi connectivity index (χ0v) is 27.2. The minimum atomic E-state index is -4.63. The number of halogens is 3. The molecule has 3 aromatic carbocycles. The summed E-state index contributed by atoms with van der Waals surface area (Å²) in [6.07, 6.45) is 5.76. The van der Waals surface area contributed by atoms with Gasteiger partial charge >= 0.3 is 12.1 Å². The Morgan fingerprint density at radius 2 is 1.15 bits per heavy atom. The van der Waals surface area contributed by atoms with Crippen molar-refractivity contribution < 1.29 is 32.2 Å². The molecule has 3 rings (SSSR count). The molecule has 1 atom stereocenters. The van der Waals surface area contributed by atoms with Crippen molar-refractivity contribution in [2.75, 3.05) is 11.9 Å². The molecule has 3 aromatic rings. The monoisotopic (exact) mass is 639 g/mol. The maximum Gasteiger partial charge on any atom is 0.425 e. The van der Waals surface area contributed by atoms with Crippen molar-refractivity contribution >= 4 is 17.6 Å². The Kier molecular flexibility index (Phi) is 15.7. The molecule has 0 spiro atoms. The minimum absolute atomic E-state index is 0.0188. The van der Waals surface area contributed by atoms with Crippen molar-refractivity contribution in [2.24, 2.45) is 0 Å². The molecule has 8 heteroatoms. The van der Waals surface area contributed by atoms with Crippen molar-refractivity contribution in [3.63, 3.8) is 0 Å². The summed E-state index contributed by atoms with van der Waals surface area (Å²) in [5.74, 6) is -0.560. The standard InChI is InChI=1S/C38H48F3NO4/c1-3-5-7-9-10-11-12-14-28-45-34-26-22-30(23-27-34)29-16-18-31(19-17-29)36(43)42-33-24-20-32(21-25-33)37(44)46-35(38(39,40)41)15-13-8-6-4-2/h16-27,35H,3-15,28H2,1-2H3,(H,42,43). The molecule has 1 unspecified atom stereocenters. The highest BCUT2D eigenvalue weighted by molar-refractivity contribution is 6.04. The highest BCUT2D eigenvalue weighted by atomic mass is 19.4. The number of esters is 1. The zero-order valence-electron chi connectivity index (χ0n) is 27.2. The second kappa shape index (κ2) is 19.6. The molecule has 0 heterocycles. The first-order chi connectivity index (χ1) is 22.2. The summed E-state index contributed by atoms with van der Waals surface area (Å²) in [4.78, 5) is 25.2. The predicted octanol–water partition coefficient (Wildman–Crippen LogP) is 11.2. The van der Waals surface area contributed by atoms with Gasteiger partial charge in [0, 0.05) is 11.3 Å². The number of amides is 1. The van der Waals surface area contributed by atoms with Gasteiger partial charge < -0.3 is 14.8 Å². The lowest BCUT2D eigenvalue weighted by Crippen LogP contribution is -2.33. The summed E-state index contributed by atoms with van der Waals surface area (Å²) < 4.78 is 50.9. The van der Waals surface area contributed by atoms with Crippen LogP contribution in [0.4, 0.5) is 18.9 Å². The number of hydrogen-bond donors (Lipinski definition) is 1. The zero-order chi connectivity index (χ0) is 33.2. The molecule has 0 aromatic heterocycles. The Morgan fingerprint density at radius 1 is 0.652 bits per heavy atom. The smallest absolute Gasteiger partial charge is 0.425 e. The van der Waals surface area contributed by atoms with E-state index in [1.165, 1.54) is 69.2 Å². The van der Waals surface area contributed by atoms with Crippen LogP contribution in [0.15, 0.2) is 72.8 Å². The van der Waals surface area contributed by atoms with Crippen LogP contribution in [-0.2, 0) is 4.74 Å². The number of carbonyl (C=O) groups is 2. The normalized spacial score (nSPS) is 12.0. The van der Waals surface area contributed by atoms with Gasteiger partial charge in [-0.1, -0.05) is 102 Å². The van der Waals surface area contributed by atoms with E-state index >= 15 is 0 Å². The fraction of sp³-hybridized carbons (Fsp3) is 0.474. The lowest BCUT2D eigenvalue weighted by atomic mass is 10.0. The molecule has 0 aliphatic heterocycles. The second-order valence-electron chi connectivity index (χ2n) is 11.7. The first-order valence-electron chi connectivity index (χ1n) is 16.7. The number of rotatable bonds is 20. The molecule has 0 radical (unpaired) electrons. The molecule has 0 bridgehead atoms. The van der Waals surface area contributed by atoms with Crippen LogP contribution < -0.4 is 10.1 Å². The Balaban J connectivity index is 1.45. The van der Waals surface area contributed by atoms with Crippen LogP contribution in [-0.4, -0.2) is 30.8 Å². The number of benzene rings is 3. The van der Waals surface area contributed by atoms with Crippen LogP contribution in [0.2, 0.25) is 0 Å². The van der Waals surface area contributed by atoms with Gasteiger partial charge in [0.15, 0.2) is 6.10 Å². The van der Waals surface area contributed by atoms with E-state index in [0.29, 0.717) is 30.7 Å². The van der Waals surface area contributed by atoms with Gasteiger partial charge in [0.2, 0.25) is 0 Å². The quantitative estimate of drug-likeness (QED) is 0.0987. The number of hydrogen-bond acceptors (Lipinski definition) is 4. The summed E-state index contributed by atoms with van der Waals surface area (Å²) in [5, 5.41) is 2.75. The Bertz CT molecular complexity index is 1310. The molecule has 0 saturated carbocycles. The van der Waals surface area contributed by atoms with E-state index in [2.05, 4.69) is 12.2 Å². The fourth-order valence-electron chi connectivity index (χ4n) is 5.12. The van der Waals surface area contributed by atoms with E-state index in [1.54, 1.807) is 12.1 Å². The molecule has 0 saturated heterocycles. The molecule has 250 valence electrons. The largest absolute Gasteiger partial charge is 0.494 e. The summed E-state index contributed by atoms with van der Waals surface area (Å²) in [6, 6.07) is 20.7.